The molecule has 2 rings (SSSR count). The van der Waals surface area contributed by atoms with E-state index in [1.54, 1.807) is 11.3 Å². The molecule has 1 aromatic carbocycles. The van der Waals surface area contributed by atoms with E-state index in [1.807, 2.05) is 24.3 Å². The van der Waals surface area contributed by atoms with Crippen LogP contribution < -0.4 is 5.32 Å². The Morgan fingerprint density at radius 2 is 2.10 bits per heavy atom. The van der Waals surface area contributed by atoms with Crippen molar-refractivity contribution in [3.63, 3.8) is 0 Å². The van der Waals surface area contributed by atoms with E-state index in [9.17, 15) is 0 Å². The summed E-state index contributed by atoms with van der Waals surface area (Å²) in [6.45, 7) is 6.40. The summed E-state index contributed by atoms with van der Waals surface area (Å²) in [5.41, 5.74) is 1.75. The Hall–Kier alpha value is -1.93. The maximum Gasteiger partial charge on any atom is 0.206 e. The second-order valence-corrected chi connectivity index (χ2v) is 6.26. The van der Waals surface area contributed by atoms with E-state index in [4.69, 9.17) is 5.26 Å². The van der Waals surface area contributed by atoms with Crippen LogP contribution in [0.4, 0.5) is 5.13 Å². The topological polar surface area (TPSA) is 61.6 Å². The normalized spacial score (nSPS) is 12.2. The van der Waals surface area contributed by atoms with E-state index in [2.05, 4.69) is 42.4 Å². The molecular weight excluding hydrogens is 268 g/mol. The number of hydrogen-bond acceptors (Lipinski definition) is 5. The molecule has 1 atom stereocenters. The van der Waals surface area contributed by atoms with Gasteiger partial charge in [-0.1, -0.05) is 37.3 Å². The zero-order chi connectivity index (χ0) is 14.5. The second kappa shape index (κ2) is 6.49. The molecule has 0 amide bonds. The van der Waals surface area contributed by atoms with E-state index in [1.165, 1.54) is 0 Å². The van der Waals surface area contributed by atoms with Gasteiger partial charge in [0.25, 0.3) is 0 Å². The van der Waals surface area contributed by atoms with E-state index in [0.29, 0.717) is 11.5 Å². The van der Waals surface area contributed by atoms with E-state index >= 15 is 0 Å². The SMILES string of the molecule is CC(C)Cc1nnc(NC(C)c2cccc(C#N)c2)s1. The standard InChI is InChI=1S/C15H18N4S/c1-10(2)7-14-18-19-15(20-14)17-11(3)13-6-4-5-12(8-13)9-16/h4-6,8,10-11H,7H2,1-3H3,(H,17,19). The van der Waals surface area contributed by atoms with Crippen molar-refractivity contribution >= 4 is 16.5 Å². The zero-order valence-electron chi connectivity index (χ0n) is 11.9. The predicted molar refractivity (Wildman–Crippen MR) is 81.6 cm³/mol. The van der Waals surface area contributed by atoms with E-state index in [-0.39, 0.29) is 6.04 Å². The fourth-order valence-electron chi connectivity index (χ4n) is 1.89. The molecule has 0 aliphatic heterocycles. The van der Waals surface area contributed by atoms with Gasteiger partial charge in [0.1, 0.15) is 5.01 Å². The van der Waals surface area contributed by atoms with Gasteiger partial charge in [-0.15, -0.1) is 10.2 Å². The van der Waals surface area contributed by atoms with Crippen LogP contribution in [-0.2, 0) is 6.42 Å². The number of nitrogens with one attached hydrogen (secondary N) is 1. The fraction of sp³-hybridized carbons (Fsp3) is 0.400. The Morgan fingerprint density at radius 1 is 1.30 bits per heavy atom. The van der Waals surface area contributed by atoms with Gasteiger partial charge >= 0.3 is 0 Å². The van der Waals surface area contributed by atoms with Crippen molar-refractivity contribution in [2.24, 2.45) is 5.92 Å². The number of benzene rings is 1. The van der Waals surface area contributed by atoms with Gasteiger partial charge < -0.3 is 5.32 Å². The first kappa shape index (κ1) is 14.5. The third kappa shape index (κ3) is 3.78. The smallest absolute Gasteiger partial charge is 0.206 e. The quantitative estimate of drug-likeness (QED) is 0.908. The van der Waals surface area contributed by atoms with Crippen molar-refractivity contribution < 1.29 is 0 Å². The molecule has 0 radical (unpaired) electrons. The first-order valence-corrected chi connectivity index (χ1v) is 7.49. The van der Waals surface area contributed by atoms with Crippen LogP contribution in [0.2, 0.25) is 0 Å². The third-order valence-electron chi connectivity index (χ3n) is 2.91. The molecule has 2 aromatic rings. The van der Waals surface area contributed by atoms with Crippen molar-refractivity contribution in [3.8, 4) is 6.07 Å². The molecule has 20 heavy (non-hydrogen) atoms. The van der Waals surface area contributed by atoms with Gasteiger partial charge in [-0.3, -0.25) is 0 Å². The molecule has 5 heteroatoms. The molecule has 104 valence electrons. The highest BCUT2D eigenvalue weighted by Gasteiger charge is 2.10. The first-order valence-electron chi connectivity index (χ1n) is 6.67. The van der Waals surface area contributed by atoms with Gasteiger partial charge in [-0.05, 0) is 30.5 Å². The first-order chi connectivity index (χ1) is 9.58. The number of nitriles is 1. The van der Waals surface area contributed by atoms with Gasteiger partial charge in [-0.2, -0.15) is 5.26 Å². The summed E-state index contributed by atoms with van der Waals surface area (Å²) < 4.78 is 0. The molecule has 0 bridgehead atoms. The maximum absolute atomic E-state index is 8.93. The lowest BCUT2D eigenvalue weighted by atomic mass is 10.1. The molecule has 1 N–H and O–H groups in total. The Kier molecular flexibility index (Phi) is 4.70. The molecule has 1 heterocycles. The number of rotatable bonds is 5. The molecule has 4 nitrogen and oxygen atoms in total. The van der Waals surface area contributed by atoms with Crippen LogP contribution in [0.1, 0.15) is 42.9 Å². The van der Waals surface area contributed by atoms with Crippen LogP contribution in [0.3, 0.4) is 0 Å². The van der Waals surface area contributed by atoms with Crippen molar-refractivity contribution in [1.82, 2.24) is 10.2 Å². The number of nitrogens with zero attached hydrogens (tertiary/aromatic N) is 3. The Morgan fingerprint density at radius 3 is 2.80 bits per heavy atom. The van der Waals surface area contributed by atoms with Crippen molar-refractivity contribution in [2.45, 2.75) is 33.2 Å². The lowest BCUT2D eigenvalue weighted by molar-refractivity contribution is 0.640. The minimum atomic E-state index is 0.100. The van der Waals surface area contributed by atoms with E-state index in [0.717, 1.165) is 22.1 Å². The molecule has 0 aliphatic rings. The monoisotopic (exact) mass is 286 g/mol. The van der Waals surface area contributed by atoms with E-state index < -0.39 is 0 Å². The van der Waals surface area contributed by atoms with Gasteiger partial charge in [0, 0.05) is 6.42 Å². The van der Waals surface area contributed by atoms with Gasteiger partial charge in [0.2, 0.25) is 5.13 Å². The average Bonchev–Trinajstić information content (AvgIpc) is 2.85. The highest BCUT2D eigenvalue weighted by Crippen LogP contribution is 2.24. The molecule has 0 fully saturated rings. The van der Waals surface area contributed by atoms with Crippen molar-refractivity contribution in [3.05, 3.63) is 40.4 Å². The van der Waals surface area contributed by atoms with Gasteiger partial charge in [0.05, 0.1) is 17.7 Å². The number of aromatic nitrogens is 2. The molecule has 1 aromatic heterocycles. The summed E-state index contributed by atoms with van der Waals surface area (Å²) in [5, 5.41) is 22.5. The highest BCUT2D eigenvalue weighted by molar-refractivity contribution is 7.15. The summed E-state index contributed by atoms with van der Waals surface area (Å²) in [4.78, 5) is 0. The Bertz CT molecular complexity index is 612. The summed E-state index contributed by atoms with van der Waals surface area (Å²) in [6.07, 6.45) is 0.956. The zero-order valence-corrected chi connectivity index (χ0v) is 12.7. The summed E-state index contributed by atoms with van der Waals surface area (Å²) >= 11 is 1.60. The summed E-state index contributed by atoms with van der Waals surface area (Å²) in [7, 11) is 0. The Balaban J connectivity index is 2.05. The van der Waals surface area contributed by atoms with Gasteiger partial charge in [0.15, 0.2) is 0 Å². The Labute approximate surface area is 123 Å². The van der Waals surface area contributed by atoms with Crippen LogP contribution >= 0.6 is 11.3 Å². The summed E-state index contributed by atoms with van der Waals surface area (Å²) in [6, 6.07) is 9.87. The van der Waals surface area contributed by atoms with Crippen LogP contribution in [0, 0.1) is 17.2 Å². The number of hydrogen-bond donors (Lipinski definition) is 1. The van der Waals surface area contributed by atoms with Crippen molar-refractivity contribution in [2.75, 3.05) is 5.32 Å². The predicted octanol–water partition coefficient (Wildman–Crippen LogP) is 3.78. The minimum Gasteiger partial charge on any atom is -0.354 e. The average molecular weight is 286 g/mol. The third-order valence-corrected chi connectivity index (χ3v) is 3.78. The molecule has 0 spiro atoms. The van der Waals surface area contributed by atoms with Crippen LogP contribution in [-0.4, -0.2) is 10.2 Å². The molecule has 0 saturated carbocycles. The summed E-state index contributed by atoms with van der Waals surface area (Å²) in [5.74, 6) is 0.584. The molecule has 0 saturated heterocycles. The second-order valence-electron chi connectivity index (χ2n) is 5.20. The van der Waals surface area contributed by atoms with Gasteiger partial charge in [-0.25, -0.2) is 0 Å². The largest absolute Gasteiger partial charge is 0.354 e. The molecule has 1 unspecified atom stereocenters. The van der Waals surface area contributed by atoms with Crippen LogP contribution in [0.25, 0.3) is 0 Å². The van der Waals surface area contributed by atoms with Crippen LogP contribution in [0.5, 0.6) is 0 Å². The maximum atomic E-state index is 8.93. The van der Waals surface area contributed by atoms with Crippen LogP contribution in [0.15, 0.2) is 24.3 Å². The lowest BCUT2D eigenvalue weighted by Gasteiger charge is -2.12. The molecule has 0 aliphatic carbocycles. The highest BCUT2D eigenvalue weighted by atomic mass is 32.1. The fourth-order valence-corrected chi connectivity index (χ4v) is 2.93. The molecular formula is C15H18N4S. The lowest BCUT2D eigenvalue weighted by Crippen LogP contribution is -2.06. The van der Waals surface area contributed by atoms with Crippen molar-refractivity contribution in [1.29, 1.82) is 5.26 Å². The number of anilines is 1. The minimum absolute atomic E-state index is 0.100.